The molecule has 0 amide bonds. The van der Waals surface area contributed by atoms with Crippen LogP contribution >= 0.6 is 11.6 Å². The lowest BCUT2D eigenvalue weighted by Gasteiger charge is -2.08. The number of nitrogens with zero attached hydrogens (tertiary/aromatic N) is 1. The highest BCUT2D eigenvalue weighted by Crippen LogP contribution is 2.24. The Kier molecular flexibility index (Phi) is 3.64. The number of ether oxygens (including phenoxy) is 1. The normalized spacial score (nSPS) is 9.65. The van der Waals surface area contributed by atoms with Crippen molar-refractivity contribution in [3.8, 4) is 11.8 Å². The summed E-state index contributed by atoms with van der Waals surface area (Å²) in [6.45, 7) is 0.327. The highest BCUT2D eigenvalue weighted by Gasteiger charge is 2.03. The third kappa shape index (κ3) is 2.77. The molecule has 0 saturated heterocycles. The molecule has 0 aliphatic carbocycles. The van der Waals surface area contributed by atoms with Crippen LogP contribution in [0.5, 0.6) is 5.75 Å². The summed E-state index contributed by atoms with van der Waals surface area (Å²) in [4.78, 5) is 0. The molecule has 3 heteroatoms. The largest absolute Gasteiger partial charge is 0.487 e. The SMILES string of the molecule is N#Cc1ccccc1COc1cc[c]cc1Cl. The van der Waals surface area contributed by atoms with E-state index in [0.717, 1.165) is 5.56 Å². The second kappa shape index (κ2) is 5.38. The Morgan fingerprint density at radius 1 is 1.29 bits per heavy atom. The van der Waals surface area contributed by atoms with E-state index < -0.39 is 0 Å². The van der Waals surface area contributed by atoms with Crippen molar-refractivity contribution in [3.63, 3.8) is 0 Å². The van der Waals surface area contributed by atoms with Crippen LogP contribution in [-0.2, 0) is 6.61 Å². The zero-order valence-electron chi connectivity index (χ0n) is 8.98. The fourth-order valence-electron chi connectivity index (χ4n) is 1.42. The molecule has 2 rings (SSSR count). The van der Waals surface area contributed by atoms with Gasteiger partial charge in [-0.3, -0.25) is 0 Å². The van der Waals surface area contributed by atoms with E-state index in [4.69, 9.17) is 21.6 Å². The summed E-state index contributed by atoms with van der Waals surface area (Å²) in [7, 11) is 0. The molecule has 0 unspecified atom stereocenters. The minimum absolute atomic E-state index is 0.327. The van der Waals surface area contributed by atoms with E-state index in [1.54, 1.807) is 24.3 Å². The lowest BCUT2D eigenvalue weighted by atomic mass is 10.1. The molecule has 0 saturated carbocycles. The minimum atomic E-state index is 0.327. The van der Waals surface area contributed by atoms with Crippen LogP contribution in [0.4, 0.5) is 0 Å². The number of hydrogen-bond acceptors (Lipinski definition) is 2. The first-order valence-corrected chi connectivity index (χ1v) is 5.45. The highest BCUT2D eigenvalue weighted by atomic mass is 35.5. The summed E-state index contributed by atoms with van der Waals surface area (Å²) in [6.07, 6.45) is 0. The van der Waals surface area contributed by atoms with E-state index >= 15 is 0 Å². The van der Waals surface area contributed by atoms with Gasteiger partial charge in [0.25, 0.3) is 0 Å². The van der Waals surface area contributed by atoms with Crippen molar-refractivity contribution in [1.29, 1.82) is 5.26 Å². The van der Waals surface area contributed by atoms with Crippen molar-refractivity contribution < 1.29 is 4.74 Å². The van der Waals surface area contributed by atoms with Crippen LogP contribution in [0.3, 0.4) is 0 Å². The fraction of sp³-hybridized carbons (Fsp3) is 0.0714. The van der Waals surface area contributed by atoms with Crippen molar-refractivity contribution in [2.45, 2.75) is 6.61 Å². The van der Waals surface area contributed by atoms with Gasteiger partial charge in [0.1, 0.15) is 12.4 Å². The molecule has 0 heterocycles. The van der Waals surface area contributed by atoms with E-state index in [-0.39, 0.29) is 0 Å². The average Bonchev–Trinajstić information content (AvgIpc) is 2.38. The van der Waals surface area contributed by atoms with Gasteiger partial charge >= 0.3 is 0 Å². The summed E-state index contributed by atoms with van der Waals surface area (Å²) in [5.74, 6) is 0.596. The molecule has 17 heavy (non-hydrogen) atoms. The Balaban J connectivity index is 2.13. The van der Waals surface area contributed by atoms with Gasteiger partial charge in [-0.1, -0.05) is 35.9 Å². The lowest BCUT2D eigenvalue weighted by molar-refractivity contribution is 0.306. The monoisotopic (exact) mass is 242 g/mol. The Labute approximate surface area is 105 Å². The maximum atomic E-state index is 8.93. The van der Waals surface area contributed by atoms with Gasteiger partial charge in [-0.05, 0) is 24.3 Å². The lowest BCUT2D eigenvalue weighted by Crippen LogP contribution is -1.98. The number of nitriles is 1. The van der Waals surface area contributed by atoms with Crippen molar-refractivity contribution in [2.24, 2.45) is 0 Å². The van der Waals surface area contributed by atoms with E-state index in [9.17, 15) is 0 Å². The second-order valence-electron chi connectivity index (χ2n) is 3.41. The highest BCUT2D eigenvalue weighted by molar-refractivity contribution is 6.32. The van der Waals surface area contributed by atoms with Crippen LogP contribution < -0.4 is 4.74 Å². The average molecular weight is 243 g/mol. The van der Waals surface area contributed by atoms with Gasteiger partial charge in [0, 0.05) is 5.56 Å². The van der Waals surface area contributed by atoms with E-state index in [0.29, 0.717) is 22.9 Å². The Morgan fingerprint density at radius 3 is 2.88 bits per heavy atom. The predicted molar refractivity (Wildman–Crippen MR) is 65.8 cm³/mol. The molecule has 0 aliphatic rings. The molecule has 0 spiro atoms. The molecular weight excluding hydrogens is 234 g/mol. The maximum absolute atomic E-state index is 8.93. The second-order valence-corrected chi connectivity index (χ2v) is 3.82. The standard InChI is InChI=1S/C14H9ClNO/c15-13-7-3-4-8-14(13)17-10-12-6-2-1-5-11(12)9-16/h1-2,4-8H,10H2. The third-order valence-corrected chi connectivity index (χ3v) is 2.59. The van der Waals surface area contributed by atoms with Gasteiger partial charge in [0.05, 0.1) is 16.7 Å². The molecule has 0 aliphatic heterocycles. The Morgan fingerprint density at radius 2 is 2.12 bits per heavy atom. The zero-order chi connectivity index (χ0) is 12.1. The number of benzene rings is 2. The summed E-state index contributed by atoms with van der Waals surface area (Å²) in [6, 6.07) is 17.4. The van der Waals surface area contributed by atoms with Gasteiger partial charge in [0.15, 0.2) is 0 Å². The van der Waals surface area contributed by atoms with E-state index in [1.807, 2.05) is 18.2 Å². The van der Waals surface area contributed by atoms with Crippen molar-refractivity contribution in [3.05, 3.63) is 64.7 Å². The molecule has 0 aromatic heterocycles. The Hall–Kier alpha value is -1.98. The first kappa shape index (κ1) is 11.5. The molecule has 2 aromatic rings. The summed E-state index contributed by atoms with van der Waals surface area (Å²) in [5.41, 5.74) is 1.46. The van der Waals surface area contributed by atoms with Gasteiger partial charge in [0.2, 0.25) is 0 Å². The molecule has 0 N–H and O–H groups in total. The van der Waals surface area contributed by atoms with Gasteiger partial charge in [-0.2, -0.15) is 5.26 Å². The fourth-order valence-corrected chi connectivity index (χ4v) is 1.60. The summed E-state index contributed by atoms with van der Waals surface area (Å²) < 4.78 is 5.56. The minimum Gasteiger partial charge on any atom is -0.487 e. The van der Waals surface area contributed by atoms with Crippen LogP contribution in [-0.4, -0.2) is 0 Å². The van der Waals surface area contributed by atoms with E-state index in [2.05, 4.69) is 12.1 Å². The number of hydrogen-bond donors (Lipinski definition) is 0. The van der Waals surface area contributed by atoms with Crippen LogP contribution in [0.2, 0.25) is 5.02 Å². The van der Waals surface area contributed by atoms with Crippen molar-refractivity contribution in [2.75, 3.05) is 0 Å². The van der Waals surface area contributed by atoms with Crippen LogP contribution in [0, 0.1) is 17.4 Å². The van der Waals surface area contributed by atoms with Gasteiger partial charge < -0.3 is 4.74 Å². The molecule has 0 fully saturated rings. The third-order valence-electron chi connectivity index (χ3n) is 2.30. The molecule has 83 valence electrons. The van der Waals surface area contributed by atoms with Crippen LogP contribution in [0.15, 0.2) is 42.5 Å². The Bertz CT molecular complexity index is 560. The van der Waals surface area contributed by atoms with Crippen molar-refractivity contribution >= 4 is 11.6 Å². The topological polar surface area (TPSA) is 33.0 Å². The maximum Gasteiger partial charge on any atom is 0.138 e. The first-order valence-electron chi connectivity index (χ1n) is 5.07. The number of rotatable bonds is 3. The number of halogens is 1. The molecular formula is C14H9ClNO. The van der Waals surface area contributed by atoms with Crippen molar-refractivity contribution in [1.82, 2.24) is 0 Å². The van der Waals surface area contributed by atoms with Crippen LogP contribution in [0.25, 0.3) is 0 Å². The summed E-state index contributed by atoms with van der Waals surface area (Å²) >= 11 is 5.94. The smallest absolute Gasteiger partial charge is 0.138 e. The first-order chi connectivity index (χ1) is 8.31. The molecule has 2 nitrogen and oxygen atoms in total. The zero-order valence-corrected chi connectivity index (χ0v) is 9.74. The molecule has 2 aromatic carbocycles. The molecule has 1 radical (unpaired) electrons. The van der Waals surface area contributed by atoms with E-state index in [1.165, 1.54) is 0 Å². The predicted octanol–water partition coefficient (Wildman–Crippen LogP) is 3.59. The molecule has 0 bridgehead atoms. The quantitative estimate of drug-likeness (QED) is 0.824. The van der Waals surface area contributed by atoms with Gasteiger partial charge in [-0.15, -0.1) is 0 Å². The summed E-state index contributed by atoms with van der Waals surface area (Å²) in [5, 5.41) is 9.45. The molecule has 0 atom stereocenters. The van der Waals surface area contributed by atoms with Gasteiger partial charge in [-0.25, -0.2) is 0 Å². The van der Waals surface area contributed by atoms with Crippen LogP contribution in [0.1, 0.15) is 11.1 Å².